The van der Waals surface area contributed by atoms with Crippen molar-refractivity contribution in [3.8, 4) is 22.9 Å². The number of anilines is 2. The summed E-state index contributed by atoms with van der Waals surface area (Å²) in [6, 6.07) is 15.0. The van der Waals surface area contributed by atoms with Crippen LogP contribution in [-0.4, -0.2) is 44.4 Å². The van der Waals surface area contributed by atoms with Crippen molar-refractivity contribution in [3.63, 3.8) is 0 Å². The van der Waals surface area contributed by atoms with E-state index >= 15 is 0 Å². The van der Waals surface area contributed by atoms with Gasteiger partial charge in [0.15, 0.2) is 0 Å². The van der Waals surface area contributed by atoms with E-state index in [4.69, 9.17) is 14.5 Å². The largest absolute Gasteiger partial charge is 0.494 e. The first-order chi connectivity index (χ1) is 16.2. The number of aryl methyl sites for hydroxylation is 2. The lowest BCUT2D eigenvalue weighted by molar-refractivity contribution is 0.327. The van der Waals surface area contributed by atoms with Gasteiger partial charge in [0.2, 0.25) is 5.88 Å². The monoisotopic (exact) mass is 465 g/mol. The van der Waals surface area contributed by atoms with Crippen LogP contribution in [0.4, 0.5) is 11.4 Å². The first kappa shape index (κ1) is 23.4. The van der Waals surface area contributed by atoms with Crippen molar-refractivity contribution < 1.29 is 9.47 Å². The van der Waals surface area contributed by atoms with E-state index in [2.05, 4.69) is 60.0 Å². The maximum atomic E-state index is 5.77. The van der Waals surface area contributed by atoms with Gasteiger partial charge in [-0.2, -0.15) is 0 Å². The lowest BCUT2D eigenvalue weighted by Gasteiger charge is -2.38. The quantitative estimate of drug-likeness (QED) is 0.384. The van der Waals surface area contributed by atoms with Crippen molar-refractivity contribution in [2.24, 2.45) is 0 Å². The van der Waals surface area contributed by atoms with Crippen LogP contribution >= 0.6 is 11.3 Å². The molecule has 33 heavy (non-hydrogen) atoms. The summed E-state index contributed by atoms with van der Waals surface area (Å²) >= 11 is 1.91. The molecular formula is C27H35N3O2S. The molecule has 0 bridgehead atoms. The van der Waals surface area contributed by atoms with Gasteiger partial charge in [-0.1, -0.05) is 13.8 Å². The summed E-state index contributed by atoms with van der Waals surface area (Å²) in [5.41, 5.74) is 4.79. The van der Waals surface area contributed by atoms with Crippen molar-refractivity contribution in [2.45, 2.75) is 40.5 Å². The van der Waals surface area contributed by atoms with Crippen LogP contribution in [0, 0.1) is 0 Å². The van der Waals surface area contributed by atoms with E-state index in [1.165, 1.54) is 26.7 Å². The molecule has 0 spiro atoms. The molecule has 0 aliphatic carbocycles. The fourth-order valence-electron chi connectivity index (χ4n) is 4.36. The highest BCUT2D eigenvalue weighted by Gasteiger charge is 2.23. The molecule has 1 aliphatic heterocycles. The summed E-state index contributed by atoms with van der Waals surface area (Å²) in [6.07, 6.45) is 2.07. The number of benzene rings is 1. The molecule has 3 aromatic rings. The molecule has 1 aromatic carbocycles. The highest BCUT2D eigenvalue weighted by molar-refractivity contribution is 7.12. The Morgan fingerprint density at radius 1 is 0.818 bits per heavy atom. The zero-order valence-electron chi connectivity index (χ0n) is 20.3. The molecule has 6 heteroatoms. The summed E-state index contributed by atoms with van der Waals surface area (Å²) in [4.78, 5) is 12.7. The first-order valence-electron chi connectivity index (χ1n) is 12.1. The SMILES string of the molecule is CCOc1ccc(N2CCN(c3ccc(OCC)nc3-c3cc(CC)sc3CC)CC2)cc1. The van der Waals surface area contributed by atoms with Crippen LogP contribution in [0.1, 0.15) is 37.4 Å². The topological polar surface area (TPSA) is 37.8 Å². The van der Waals surface area contributed by atoms with Gasteiger partial charge in [-0.25, -0.2) is 4.98 Å². The van der Waals surface area contributed by atoms with Crippen LogP contribution in [0.2, 0.25) is 0 Å². The van der Waals surface area contributed by atoms with Crippen LogP contribution in [0.3, 0.4) is 0 Å². The highest BCUT2D eigenvalue weighted by atomic mass is 32.1. The average Bonchev–Trinajstić information content (AvgIpc) is 3.29. The van der Waals surface area contributed by atoms with Crippen LogP contribution in [0.15, 0.2) is 42.5 Å². The lowest BCUT2D eigenvalue weighted by atomic mass is 10.1. The fraction of sp³-hybridized carbons (Fsp3) is 0.444. The standard InChI is InChI=1S/C27H35N3O2S/c1-5-22-19-23(25(6-2)33-22)27-24(13-14-26(28-27)32-8-4)30-17-15-29(16-18-30)20-9-11-21(12-10-20)31-7-3/h9-14,19H,5-8,15-18H2,1-4H3. The molecule has 0 amide bonds. The molecule has 3 heterocycles. The molecule has 0 atom stereocenters. The smallest absolute Gasteiger partial charge is 0.213 e. The Morgan fingerprint density at radius 2 is 1.52 bits per heavy atom. The Hall–Kier alpha value is -2.73. The van der Waals surface area contributed by atoms with Gasteiger partial charge < -0.3 is 19.3 Å². The molecule has 0 saturated carbocycles. The maximum Gasteiger partial charge on any atom is 0.213 e. The van der Waals surface area contributed by atoms with Gasteiger partial charge in [0, 0.05) is 53.3 Å². The molecule has 4 rings (SSSR count). The molecule has 0 N–H and O–H groups in total. The van der Waals surface area contributed by atoms with Crippen LogP contribution in [0.25, 0.3) is 11.3 Å². The van der Waals surface area contributed by atoms with E-state index in [1.807, 2.05) is 31.3 Å². The van der Waals surface area contributed by atoms with Crippen molar-refractivity contribution in [3.05, 3.63) is 52.2 Å². The predicted octanol–water partition coefficient (Wildman–Crippen LogP) is 6.06. The number of piperazine rings is 1. The number of hydrogen-bond donors (Lipinski definition) is 0. The van der Waals surface area contributed by atoms with E-state index in [9.17, 15) is 0 Å². The predicted molar refractivity (Wildman–Crippen MR) is 140 cm³/mol. The normalized spacial score (nSPS) is 13.9. The zero-order valence-corrected chi connectivity index (χ0v) is 21.1. The van der Waals surface area contributed by atoms with Gasteiger partial charge in [-0.05, 0) is 63.1 Å². The molecule has 1 saturated heterocycles. The Balaban J connectivity index is 1.57. The van der Waals surface area contributed by atoms with E-state index < -0.39 is 0 Å². The average molecular weight is 466 g/mol. The van der Waals surface area contributed by atoms with Crippen molar-refractivity contribution in [1.82, 2.24) is 4.98 Å². The van der Waals surface area contributed by atoms with Crippen LogP contribution < -0.4 is 19.3 Å². The van der Waals surface area contributed by atoms with Crippen LogP contribution in [-0.2, 0) is 12.8 Å². The Bertz CT molecular complexity index is 1040. The third-order valence-electron chi connectivity index (χ3n) is 6.06. The van der Waals surface area contributed by atoms with Gasteiger partial charge in [-0.15, -0.1) is 11.3 Å². The summed E-state index contributed by atoms with van der Waals surface area (Å²) in [7, 11) is 0. The number of rotatable bonds is 9. The third kappa shape index (κ3) is 5.27. The zero-order chi connectivity index (χ0) is 23.2. The molecule has 0 unspecified atom stereocenters. The molecular weight excluding hydrogens is 430 g/mol. The van der Waals surface area contributed by atoms with E-state index in [0.29, 0.717) is 19.1 Å². The second-order valence-corrected chi connectivity index (χ2v) is 9.33. The molecule has 1 aliphatic rings. The Kier molecular flexibility index (Phi) is 7.76. The van der Waals surface area contributed by atoms with Crippen LogP contribution in [0.5, 0.6) is 11.6 Å². The molecule has 1 fully saturated rings. The van der Waals surface area contributed by atoms with E-state index in [1.54, 1.807) is 0 Å². The second kappa shape index (κ2) is 10.9. The van der Waals surface area contributed by atoms with E-state index in [0.717, 1.165) is 50.5 Å². The maximum absolute atomic E-state index is 5.77. The number of pyridine rings is 1. The van der Waals surface area contributed by atoms with Gasteiger partial charge in [0.25, 0.3) is 0 Å². The van der Waals surface area contributed by atoms with Crippen molar-refractivity contribution in [2.75, 3.05) is 49.2 Å². The van der Waals surface area contributed by atoms with E-state index in [-0.39, 0.29) is 0 Å². The third-order valence-corrected chi connectivity index (χ3v) is 7.48. The minimum absolute atomic E-state index is 0.622. The minimum atomic E-state index is 0.622. The number of hydrogen-bond acceptors (Lipinski definition) is 6. The Labute approximate surface area is 202 Å². The molecule has 2 aromatic heterocycles. The number of nitrogens with zero attached hydrogens (tertiary/aromatic N) is 3. The summed E-state index contributed by atoms with van der Waals surface area (Å²) < 4.78 is 11.4. The number of thiophene rings is 1. The summed E-state index contributed by atoms with van der Waals surface area (Å²) in [5, 5.41) is 0. The van der Waals surface area contributed by atoms with Crippen molar-refractivity contribution in [1.29, 1.82) is 0 Å². The lowest BCUT2D eigenvalue weighted by Crippen LogP contribution is -2.46. The number of aromatic nitrogens is 1. The molecule has 5 nitrogen and oxygen atoms in total. The first-order valence-corrected chi connectivity index (χ1v) is 13.0. The van der Waals surface area contributed by atoms with Crippen molar-refractivity contribution >= 4 is 22.7 Å². The van der Waals surface area contributed by atoms with Gasteiger partial charge >= 0.3 is 0 Å². The number of ether oxygens (including phenoxy) is 2. The Morgan fingerprint density at radius 3 is 2.15 bits per heavy atom. The van der Waals surface area contributed by atoms with Gasteiger partial charge in [-0.3, -0.25) is 0 Å². The minimum Gasteiger partial charge on any atom is -0.494 e. The van der Waals surface area contributed by atoms with Gasteiger partial charge in [0.1, 0.15) is 5.75 Å². The fourth-order valence-corrected chi connectivity index (χ4v) is 5.41. The second-order valence-electron chi connectivity index (χ2n) is 8.11. The summed E-state index contributed by atoms with van der Waals surface area (Å²) in [6.45, 7) is 13.7. The highest BCUT2D eigenvalue weighted by Crippen LogP contribution is 2.38. The van der Waals surface area contributed by atoms with Gasteiger partial charge in [0.05, 0.1) is 24.6 Å². The molecule has 176 valence electrons. The summed E-state index contributed by atoms with van der Waals surface area (Å²) in [5.74, 6) is 1.63. The molecule has 0 radical (unpaired) electrons.